The van der Waals surface area contributed by atoms with E-state index in [1.54, 1.807) is 24.3 Å². The van der Waals surface area contributed by atoms with Crippen molar-refractivity contribution in [2.24, 2.45) is 0 Å². The molecule has 2 amide bonds. The Morgan fingerprint density at radius 1 is 1.06 bits per heavy atom. The molecule has 155 valence electrons. The van der Waals surface area contributed by atoms with Crippen molar-refractivity contribution in [1.82, 2.24) is 10.6 Å². The summed E-state index contributed by atoms with van der Waals surface area (Å²) in [4.78, 5) is 36.3. The molecule has 2 N–H and O–H groups in total. The molecule has 0 fully saturated rings. The van der Waals surface area contributed by atoms with Gasteiger partial charge < -0.3 is 15.2 Å². The number of nitrogens with one attached hydrogen (secondary N) is 1. The van der Waals surface area contributed by atoms with Crippen LogP contribution in [-0.2, 0) is 9.53 Å². The highest BCUT2D eigenvalue weighted by Crippen LogP contribution is 2.25. The Hall–Kier alpha value is -3.97. The molecule has 0 unspecified atom stereocenters. The minimum absolute atomic E-state index is 0.134. The van der Waals surface area contributed by atoms with Gasteiger partial charge in [0.25, 0.3) is 11.8 Å². The Labute approximate surface area is 177 Å². The lowest BCUT2D eigenvalue weighted by Crippen LogP contribution is -2.34. The van der Waals surface area contributed by atoms with Gasteiger partial charge in [-0.1, -0.05) is 24.3 Å². The van der Waals surface area contributed by atoms with Crippen LogP contribution in [0.1, 0.15) is 20.7 Å². The van der Waals surface area contributed by atoms with Crippen molar-refractivity contribution in [1.29, 1.82) is 0 Å². The van der Waals surface area contributed by atoms with E-state index >= 15 is 0 Å². The third-order valence-corrected chi connectivity index (χ3v) is 5.07. The van der Waals surface area contributed by atoms with Gasteiger partial charge in [-0.05, 0) is 51.4 Å². The van der Waals surface area contributed by atoms with Gasteiger partial charge in [0, 0.05) is 29.6 Å². The summed E-state index contributed by atoms with van der Waals surface area (Å²) in [5, 5.41) is 18.2. The molecule has 0 saturated heterocycles. The van der Waals surface area contributed by atoms with E-state index in [9.17, 15) is 14.4 Å². The van der Waals surface area contributed by atoms with Crippen LogP contribution in [0.15, 0.2) is 48.5 Å². The Morgan fingerprint density at radius 2 is 1.87 bits per heavy atom. The number of ether oxygens (including phenoxy) is 1. The summed E-state index contributed by atoms with van der Waals surface area (Å²) in [6.45, 7) is 0.0425. The maximum absolute atomic E-state index is 12.3. The fourth-order valence-corrected chi connectivity index (χ4v) is 3.60. The van der Waals surface area contributed by atoms with Gasteiger partial charge in [-0.25, -0.2) is 10.1 Å². The summed E-state index contributed by atoms with van der Waals surface area (Å²) in [6, 6.07) is 14.3. The number of hydrogen-bond acceptors (Lipinski definition) is 5. The van der Waals surface area contributed by atoms with Crippen LogP contribution in [0.2, 0.25) is 0 Å². The van der Waals surface area contributed by atoms with Gasteiger partial charge in [-0.3, -0.25) is 9.59 Å². The molecular weight excluding hydrogens is 396 g/mol. The molecule has 1 aliphatic rings. The van der Waals surface area contributed by atoms with Crippen molar-refractivity contribution in [3.8, 4) is 11.1 Å². The highest BCUT2D eigenvalue weighted by atomic mass is 16.5. The zero-order valence-corrected chi connectivity index (χ0v) is 16.7. The van der Waals surface area contributed by atoms with E-state index in [0.29, 0.717) is 21.7 Å². The number of fused-ring (bicyclic) bond motifs is 3. The predicted octanol–water partition coefficient (Wildman–Crippen LogP) is 0.679. The second-order valence-electron chi connectivity index (χ2n) is 6.98. The fourth-order valence-electron chi connectivity index (χ4n) is 3.60. The average Bonchev–Trinajstić information content (AvgIpc) is 2.80. The molecule has 31 heavy (non-hydrogen) atoms. The zero-order valence-electron chi connectivity index (χ0n) is 16.7. The SMILES string of the molecule is COC(=O)c1cc2c(c3cc(-c4cccc(C(=O)NCCO)c4)ccc13)=C[N]C(=O)C=2. The number of benzene rings is 3. The lowest BCUT2D eigenvalue weighted by atomic mass is 9.95. The molecule has 0 aromatic heterocycles. The first-order chi connectivity index (χ1) is 15.0. The van der Waals surface area contributed by atoms with Crippen LogP contribution in [0.3, 0.4) is 0 Å². The van der Waals surface area contributed by atoms with Crippen LogP contribution < -0.4 is 21.1 Å². The molecule has 0 aliphatic carbocycles. The van der Waals surface area contributed by atoms with E-state index in [2.05, 4.69) is 10.6 Å². The van der Waals surface area contributed by atoms with Crippen molar-refractivity contribution in [3.05, 3.63) is 70.1 Å². The van der Waals surface area contributed by atoms with Gasteiger partial charge in [0.2, 0.25) is 0 Å². The Kier molecular flexibility index (Phi) is 5.51. The van der Waals surface area contributed by atoms with Gasteiger partial charge in [0.1, 0.15) is 0 Å². The quantitative estimate of drug-likeness (QED) is 0.596. The predicted molar refractivity (Wildman–Crippen MR) is 115 cm³/mol. The molecule has 1 aliphatic heterocycles. The topological polar surface area (TPSA) is 107 Å². The molecule has 3 aromatic carbocycles. The highest BCUT2D eigenvalue weighted by molar-refractivity contribution is 6.10. The highest BCUT2D eigenvalue weighted by Gasteiger charge is 2.16. The number of carbonyl (C=O) groups is 3. The van der Waals surface area contributed by atoms with E-state index in [4.69, 9.17) is 9.84 Å². The lowest BCUT2D eigenvalue weighted by Gasteiger charge is -2.12. The summed E-state index contributed by atoms with van der Waals surface area (Å²) >= 11 is 0. The van der Waals surface area contributed by atoms with Crippen LogP contribution in [0.5, 0.6) is 0 Å². The van der Waals surface area contributed by atoms with Crippen LogP contribution in [-0.4, -0.2) is 43.2 Å². The molecular formula is C24H19N2O5. The Morgan fingerprint density at radius 3 is 2.65 bits per heavy atom. The molecule has 4 rings (SSSR count). The monoisotopic (exact) mass is 415 g/mol. The summed E-state index contributed by atoms with van der Waals surface area (Å²) in [7, 11) is 1.31. The first kappa shape index (κ1) is 20.3. The van der Waals surface area contributed by atoms with E-state index in [0.717, 1.165) is 21.7 Å². The van der Waals surface area contributed by atoms with Crippen LogP contribution in [0, 0.1) is 0 Å². The summed E-state index contributed by atoms with van der Waals surface area (Å²) in [5.41, 5.74) is 2.47. The largest absolute Gasteiger partial charge is 0.465 e. The van der Waals surface area contributed by atoms with E-state index in [1.807, 2.05) is 24.3 Å². The van der Waals surface area contributed by atoms with Crippen LogP contribution >= 0.6 is 0 Å². The molecule has 0 atom stereocenters. The van der Waals surface area contributed by atoms with Crippen molar-refractivity contribution in [2.45, 2.75) is 0 Å². The number of aliphatic hydroxyl groups excluding tert-OH is 1. The number of rotatable bonds is 5. The summed E-state index contributed by atoms with van der Waals surface area (Å²) in [6.07, 6.45) is 2.89. The van der Waals surface area contributed by atoms with Gasteiger partial charge >= 0.3 is 5.97 Å². The van der Waals surface area contributed by atoms with Gasteiger partial charge in [-0.15, -0.1) is 0 Å². The number of nitrogens with zero attached hydrogens (tertiary/aromatic N) is 1. The number of hydrogen-bond donors (Lipinski definition) is 2. The second-order valence-corrected chi connectivity index (χ2v) is 6.98. The normalized spacial score (nSPS) is 12.3. The van der Waals surface area contributed by atoms with Gasteiger partial charge in [-0.2, -0.15) is 0 Å². The molecule has 0 bridgehead atoms. The van der Waals surface area contributed by atoms with Gasteiger partial charge in [0.05, 0.1) is 19.3 Å². The Bertz CT molecular complexity index is 1340. The van der Waals surface area contributed by atoms with Crippen molar-refractivity contribution >= 4 is 40.8 Å². The van der Waals surface area contributed by atoms with Crippen LogP contribution in [0.4, 0.5) is 0 Å². The maximum Gasteiger partial charge on any atom is 0.338 e. The molecule has 0 spiro atoms. The first-order valence-electron chi connectivity index (χ1n) is 9.63. The second kappa shape index (κ2) is 8.41. The third kappa shape index (κ3) is 3.91. The molecule has 7 nitrogen and oxygen atoms in total. The van der Waals surface area contributed by atoms with E-state index in [-0.39, 0.29) is 25.0 Å². The van der Waals surface area contributed by atoms with E-state index in [1.165, 1.54) is 19.4 Å². The minimum Gasteiger partial charge on any atom is -0.465 e. The maximum atomic E-state index is 12.3. The summed E-state index contributed by atoms with van der Waals surface area (Å²) in [5.74, 6) is -1.16. The molecule has 3 aromatic rings. The molecule has 0 saturated carbocycles. The van der Waals surface area contributed by atoms with E-state index < -0.39 is 5.97 Å². The third-order valence-electron chi connectivity index (χ3n) is 5.07. The lowest BCUT2D eigenvalue weighted by molar-refractivity contribution is -0.114. The molecule has 1 heterocycles. The average molecular weight is 415 g/mol. The smallest absolute Gasteiger partial charge is 0.338 e. The fraction of sp³-hybridized carbons (Fsp3) is 0.125. The van der Waals surface area contributed by atoms with Crippen LogP contribution in [0.25, 0.3) is 34.2 Å². The number of amides is 2. The minimum atomic E-state index is -0.494. The summed E-state index contributed by atoms with van der Waals surface area (Å²) < 4.78 is 4.92. The first-order valence-corrected chi connectivity index (χ1v) is 9.63. The Balaban J connectivity index is 1.89. The zero-order chi connectivity index (χ0) is 22.0. The molecule has 7 heteroatoms. The number of carbonyl (C=O) groups excluding carboxylic acids is 3. The van der Waals surface area contributed by atoms with Crippen molar-refractivity contribution < 1.29 is 24.2 Å². The van der Waals surface area contributed by atoms with Gasteiger partial charge in [0.15, 0.2) is 0 Å². The number of aliphatic hydroxyl groups is 1. The van der Waals surface area contributed by atoms with Crippen molar-refractivity contribution in [2.75, 3.05) is 20.3 Å². The molecule has 1 radical (unpaired) electrons. The standard InChI is InChI=1S/C24H19N2O5/c1-31-24(30)20-11-17-12-22(28)26-13-21(17)19-10-15(5-6-18(19)20)14-3-2-4-16(9-14)23(29)25-7-8-27/h2-6,9-13,27H,7-8H2,1H3,(H,25,29). The van der Waals surface area contributed by atoms with Crippen molar-refractivity contribution in [3.63, 3.8) is 0 Å². The number of methoxy groups -OCH3 is 1. The number of esters is 1.